The standard InChI is InChI=1S/C15H18BrNO2/c1-9-5-6-11-12(10(9)2)17(14(19)13(11)18)8-15(3,4)7-16/h5-6H,7-8H2,1-4H3. The lowest BCUT2D eigenvalue weighted by atomic mass is 9.95. The largest absolute Gasteiger partial charge is 0.304 e. The number of fused-ring (bicyclic) bond motifs is 1. The van der Waals surface area contributed by atoms with Gasteiger partial charge in [-0.15, -0.1) is 0 Å². The average molecular weight is 324 g/mol. The first kappa shape index (κ1) is 14.3. The number of nitrogens with zero attached hydrogens (tertiary/aromatic N) is 1. The number of Topliss-reactive ketones (excluding diaryl/α,β-unsaturated/α-hetero) is 1. The van der Waals surface area contributed by atoms with Crippen LogP contribution in [0.25, 0.3) is 0 Å². The third-order valence-electron chi connectivity index (χ3n) is 3.60. The Kier molecular flexibility index (Phi) is 3.56. The molecule has 4 heteroatoms. The predicted molar refractivity (Wildman–Crippen MR) is 80.2 cm³/mol. The molecule has 0 fully saturated rings. The van der Waals surface area contributed by atoms with Gasteiger partial charge < -0.3 is 4.90 Å². The quantitative estimate of drug-likeness (QED) is 0.632. The lowest BCUT2D eigenvalue weighted by Gasteiger charge is -2.29. The molecule has 0 saturated carbocycles. The highest BCUT2D eigenvalue weighted by Gasteiger charge is 2.39. The molecule has 0 aliphatic carbocycles. The van der Waals surface area contributed by atoms with Crippen LogP contribution in [0.3, 0.4) is 0 Å². The number of benzene rings is 1. The summed E-state index contributed by atoms with van der Waals surface area (Å²) in [5.41, 5.74) is 3.38. The summed E-state index contributed by atoms with van der Waals surface area (Å²) in [5, 5.41) is 0.776. The molecule has 1 aromatic carbocycles. The molecule has 1 amide bonds. The van der Waals surface area contributed by atoms with E-state index in [1.54, 1.807) is 11.0 Å². The Hall–Kier alpha value is -1.16. The fourth-order valence-corrected chi connectivity index (χ4v) is 2.47. The van der Waals surface area contributed by atoms with Crippen molar-refractivity contribution in [3.63, 3.8) is 0 Å². The van der Waals surface area contributed by atoms with E-state index in [-0.39, 0.29) is 11.2 Å². The molecule has 0 atom stereocenters. The Morgan fingerprint density at radius 3 is 2.42 bits per heavy atom. The van der Waals surface area contributed by atoms with E-state index in [4.69, 9.17) is 0 Å². The second-order valence-electron chi connectivity index (χ2n) is 5.92. The summed E-state index contributed by atoms with van der Waals surface area (Å²) in [6.07, 6.45) is 0. The van der Waals surface area contributed by atoms with Crippen LogP contribution in [-0.2, 0) is 4.79 Å². The Labute approximate surface area is 122 Å². The molecule has 19 heavy (non-hydrogen) atoms. The van der Waals surface area contributed by atoms with Gasteiger partial charge in [-0.1, -0.05) is 35.8 Å². The molecule has 0 radical (unpaired) electrons. The van der Waals surface area contributed by atoms with E-state index in [0.29, 0.717) is 12.1 Å². The Morgan fingerprint density at radius 1 is 1.21 bits per heavy atom. The van der Waals surface area contributed by atoms with Crippen molar-refractivity contribution in [1.29, 1.82) is 0 Å². The average Bonchev–Trinajstić information content (AvgIpc) is 2.59. The molecule has 1 aliphatic heterocycles. The number of ketones is 1. The number of amides is 1. The number of hydrogen-bond acceptors (Lipinski definition) is 2. The SMILES string of the molecule is Cc1ccc2c(c1C)N(CC(C)(C)CBr)C(=O)C2=O. The van der Waals surface area contributed by atoms with E-state index >= 15 is 0 Å². The van der Waals surface area contributed by atoms with E-state index in [9.17, 15) is 9.59 Å². The first-order chi connectivity index (χ1) is 8.78. The molecule has 102 valence electrons. The van der Waals surface area contributed by atoms with Crippen LogP contribution in [0.4, 0.5) is 5.69 Å². The molecular formula is C15H18BrNO2. The second kappa shape index (κ2) is 4.75. The van der Waals surface area contributed by atoms with E-state index in [1.807, 2.05) is 19.9 Å². The lowest BCUT2D eigenvalue weighted by Crippen LogP contribution is -2.39. The number of carbonyl (C=O) groups is 2. The van der Waals surface area contributed by atoms with Gasteiger partial charge in [0.05, 0.1) is 11.3 Å². The molecule has 0 aromatic heterocycles. The molecule has 2 rings (SSSR count). The van der Waals surface area contributed by atoms with Crippen molar-refractivity contribution >= 4 is 33.3 Å². The fraction of sp³-hybridized carbons (Fsp3) is 0.467. The lowest BCUT2D eigenvalue weighted by molar-refractivity contribution is -0.114. The topological polar surface area (TPSA) is 37.4 Å². The van der Waals surface area contributed by atoms with E-state index in [2.05, 4.69) is 29.8 Å². The van der Waals surface area contributed by atoms with E-state index in [0.717, 1.165) is 22.1 Å². The minimum Gasteiger partial charge on any atom is -0.304 e. The van der Waals surface area contributed by atoms with Gasteiger partial charge in [0.25, 0.3) is 11.7 Å². The third-order valence-corrected chi connectivity index (χ3v) is 5.12. The van der Waals surface area contributed by atoms with Crippen LogP contribution >= 0.6 is 15.9 Å². The highest BCUT2D eigenvalue weighted by molar-refractivity contribution is 9.09. The zero-order chi connectivity index (χ0) is 14.4. The first-order valence-corrected chi connectivity index (χ1v) is 7.43. The van der Waals surface area contributed by atoms with Gasteiger partial charge in [-0.25, -0.2) is 0 Å². The van der Waals surface area contributed by atoms with Gasteiger partial charge in [0.15, 0.2) is 0 Å². The number of anilines is 1. The minimum absolute atomic E-state index is 0.0757. The van der Waals surface area contributed by atoms with Gasteiger partial charge in [0.1, 0.15) is 0 Å². The fourth-order valence-electron chi connectivity index (χ4n) is 2.29. The van der Waals surface area contributed by atoms with Crippen LogP contribution in [0.1, 0.15) is 35.3 Å². The molecule has 0 unspecified atom stereocenters. The molecule has 0 spiro atoms. The van der Waals surface area contributed by atoms with Crippen molar-refractivity contribution in [2.75, 3.05) is 16.8 Å². The normalized spacial score (nSPS) is 15.1. The van der Waals surface area contributed by atoms with Gasteiger partial charge in [0, 0.05) is 11.9 Å². The van der Waals surface area contributed by atoms with E-state index < -0.39 is 5.91 Å². The number of aryl methyl sites for hydroxylation is 1. The number of halogens is 1. The summed E-state index contributed by atoms with van der Waals surface area (Å²) in [6, 6.07) is 3.66. The Balaban J connectivity index is 2.52. The molecule has 0 saturated heterocycles. The number of rotatable bonds is 3. The van der Waals surface area contributed by atoms with Gasteiger partial charge in [-0.05, 0) is 36.5 Å². The second-order valence-corrected chi connectivity index (χ2v) is 6.48. The molecule has 1 aromatic rings. The van der Waals surface area contributed by atoms with Crippen LogP contribution in [-0.4, -0.2) is 23.6 Å². The summed E-state index contributed by atoms with van der Waals surface area (Å²) in [7, 11) is 0. The predicted octanol–water partition coefficient (Wildman–Crippen LogP) is 3.25. The van der Waals surface area contributed by atoms with Gasteiger partial charge >= 0.3 is 0 Å². The molecule has 1 heterocycles. The molecule has 0 N–H and O–H groups in total. The number of hydrogen-bond donors (Lipinski definition) is 0. The highest BCUT2D eigenvalue weighted by atomic mass is 79.9. The maximum Gasteiger partial charge on any atom is 0.299 e. The van der Waals surface area contributed by atoms with Gasteiger partial charge in [-0.3, -0.25) is 9.59 Å². The number of carbonyl (C=O) groups excluding carboxylic acids is 2. The van der Waals surface area contributed by atoms with Crippen molar-refractivity contribution in [2.24, 2.45) is 5.41 Å². The summed E-state index contributed by atoms with van der Waals surface area (Å²) in [4.78, 5) is 25.9. The van der Waals surface area contributed by atoms with Crippen LogP contribution < -0.4 is 4.90 Å². The van der Waals surface area contributed by atoms with Crippen molar-refractivity contribution in [3.8, 4) is 0 Å². The van der Waals surface area contributed by atoms with Crippen LogP contribution in [0.2, 0.25) is 0 Å². The monoisotopic (exact) mass is 323 g/mol. The maximum absolute atomic E-state index is 12.2. The Bertz CT molecular complexity index is 564. The number of alkyl halides is 1. The molecule has 1 aliphatic rings. The van der Waals surface area contributed by atoms with Crippen molar-refractivity contribution in [2.45, 2.75) is 27.7 Å². The summed E-state index contributed by atoms with van der Waals surface area (Å²) < 4.78 is 0. The summed E-state index contributed by atoms with van der Waals surface area (Å²) in [6.45, 7) is 8.65. The van der Waals surface area contributed by atoms with Gasteiger partial charge in [-0.2, -0.15) is 0 Å². The van der Waals surface area contributed by atoms with Crippen LogP contribution in [0.5, 0.6) is 0 Å². The molecule has 0 bridgehead atoms. The highest BCUT2D eigenvalue weighted by Crippen LogP contribution is 2.36. The third kappa shape index (κ3) is 2.34. The van der Waals surface area contributed by atoms with Crippen LogP contribution in [0, 0.1) is 19.3 Å². The van der Waals surface area contributed by atoms with Crippen molar-refractivity contribution < 1.29 is 9.59 Å². The maximum atomic E-state index is 12.2. The summed E-state index contributed by atoms with van der Waals surface area (Å²) >= 11 is 3.46. The first-order valence-electron chi connectivity index (χ1n) is 6.31. The van der Waals surface area contributed by atoms with Crippen molar-refractivity contribution in [1.82, 2.24) is 0 Å². The molecule has 3 nitrogen and oxygen atoms in total. The minimum atomic E-state index is -0.405. The summed E-state index contributed by atoms with van der Waals surface area (Å²) in [5.74, 6) is -0.791. The Morgan fingerprint density at radius 2 is 1.84 bits per heavy atom. The van der Waals surface area contributed by atoms with Crippen LogP contribution in [0.15, 0.2) is 12.1 Å². The smallest absolute Gasteiger partial charge is 0.299 e. The van der Waals surface area contributed by atoms with E-state index in [1.165, 1.54) is 0 Å². The van der Waals surface area contributed by atoms with Gasteiger partial charge in [0.2, 0.25) is 0 Å². The molecular weight excluding hydrogens is 306 g/mol. The van der Waals surface area contributed by atoms with Crippen molar-refractivity contribution in [3.05, 3.63) is 28.8 Å². The zero-order valence-corrected chi connectivity index (χ0v) is 13.3. The zero-order valence-electron chi connectivity index (χ0n) is 11.7.